The van der Waals surface area contributed by atoms with Crippen LogP contribution in [0.15, 0.2) is 67.8 Å². The zero-order valence-electron chi connectivity index (χ0n) is 20.3. The number of rotatable bonds is 4. The molecule has 178 valence electrons. The summed E-state index contributed by atoms with van der Waals surface area (Å²) in [6.07, 6.45) is 2.08. The van der Waals surface area contributed by atoms with Crippen LogP contribution < -0.4 is 0 Å². The van der Waals surface area contributed by atoms with Crippen molar-refractivity contribution in [2.75, 3.05) is 0 Å². The van der Waals surface area contributed by atoms with Crippen molar-refractivity contribution in [1.82, 2.24) is 0 Å². The number of carbonyl (C=O) groups is 2. The second-order valence-electron chi connectivity index (χ2n) is 9.58. The lowest BCUT2D eigenvalue weighted by atomic mass is 9.87. The fraction of sp³-hybridized carbons (Fsp3) is 0.357. The second kappa shape index (κ2) is 11.8. The molecule has 1 fully saturated rings. The van der Waals surface area contributed by atoms with Gasteiger partial charge < -0.3 is 4.74 Å². The summed E-state index contributed by atoms with van der Waals surface area (Å²) in [5.74, 6) is -0.598. The maximum absolute atomic E-state index is 13.4. The molecule has 3 nitrogen and oxygen atoms in total. The largest absolute Gasteiger partial charge is 0.356 e. The van der Waals surface area contributed by atoms with Crippen LogP contribution in [0.1, 0.15) is 58.8 Å². The van der Waals surface area contributed by atoms with Crippen LogP contribution in [0.25, 0.3) is 6.08 Å². The van der Waals surface area contributed by atoms with Gasteiger partial charge in [-0.15, -0.1) is 13.2 Å². The number of allylic oxidation sites excluding steroid dienone is 1. The molecule has 0 radical (unpaired) electrons. The Hall–Kier alpha value is -2.92. The molecular formula is C28H34F2O3. The van der Waals surface area contributed by atoms with E-state index in [1.165, 1.54) is 24.3 Å². The minimum atomic E-state index is -0.475. The molecule has 1 aliphatic rings. The first-order chi connectivity index (χ1) is 15.3. The Labute approximate surface area is 196 Å². The summed E-state index contributed by atoms with van der Waals surface area (Å²) in [7, 11) is 0. The Balaban J connectivity index is 0.000000308. The first kappa shape index (κ1) is 28.1. The third kappa shape index (κ3) is 8.50. The normalized spacial score (nSPS) is 17.3. The van der Waals surface area contributed by atoms with E-state index in [1.54, 1.807) is 36.4 Å². The van der Waals surface area contributed by atoms with Gasteiger partial charge >= 0.3 is 0 Å². The number of hydrogen-bond acceptors (Lipinski definition) is 3. The van der Waals surface area contributed by atoms with E-state index in [0.717, 1.165) is 0 Å². The number of hydrogen-bond donors (Lipinski definition) is 0. The third-order valence-corrected chi connectivity index (χ3v) is 4.76. The van der Waals surface area contributed by atoms with E-state index in [4.69, 9.17) is 4.74 Å². The maximum atomic E-state index is 13.4. The summed E-state index contributed by atoms with van der Waals surface area (Å²) < 4.78 is 31.9. The van der Waals surface area contributed by atoms with Gasteiger partial charge in [-0.3, -0.25) is 9.59 Å². The number of benzene rings is 2. The zero-order chi connectivity index (χ0) is 25.4. The van der Waals surface area contributed by atoms with Crippen molar-refractivity contribution in [3.05, 3.63) is 90.5 Å². The molecular weight excluding hydrogens is 422 g/mol. The van der Waals surface area contributed by atoms with Crippen LogP contribution in [0.3, 0.4) is 0 Å². The maximum Gasteiger partial charge on any atom is 0.169 e. The first-order valence-corrected chi connectivity index (χ1v) is 10.7. The SMILES string of the molecule is C=C.CC(C)(C)C(=O)/C=C/c1ccccc1F.CC(C)(C)C(=O)C1OC1c1ccccc1F. The summed E-state index contributed by atoms with van der Waals surface area (Å²) in [5, 5.41) is 0. The fourth-order valence-electron chi connectivity index (χ4n) is 2.71. The molecule has 0 aromatic heterocycles. The highest BCUT2D eigenvalue weighted by atomic mass is 19.1. The molecule has 5 heteroatoms. The van der Waals surface area contributed by atoms with Gasteiger partial charge in [-0.1, -0.05) is 77.9 Å². The van der Waals surface area contributed by atoms with Crippen LogP contribution >= 0.6 is 0 Å². The average Bonchev–Trinajstić information content (AvgIpc) is 3.53. The van der Waals surface area contributed by atoms with Gasteiger partial charge in [0.15, 0.2) is 11.6 Å². The van der Waals surface area contributed by atoms with Gasteiger partial charge in [-0.05, 0) is 24.3 Å². The molecule has 2 aromatic rings. The second-order valence-corrected chi connectivity index (χ2v) is 9.58. The molecule has 0 N–H and O–H groups in total. The lowest BCUT2D eigenvalue weighted by molar-refractivity contribution is -0.127. The third-order valence-electron chi connectivity index (χ3n) is 4.76. The van der Waals surface area contributed by atoms with E-state index >= 15 is 0 Å². The molecule has 2 unspecified atom stereocenters. The smallest absolute Gasteiger partial charge is 0.169 e. The van der Waals surface area contributed by atoms with Gasteiger partial charge in [0.1, 0.15) is 23.8 Å². The lowest BCUT2D eigenvalue weighted by Crippen LogP contribution is -2.25. The Morgan fingerprint density at radius 1 is 0.848 bits per heavy atom. The Morgan fingerprint density at radius 3 is 1.85 bits per heavy atom. The minimum absolute atomic E-state index is 0.00856. The van der Waals surface area contributed by atoms with Crippen molar-refractivity contribution >= 4 is 17.6 Å². The van der Waals surface area contributed by atoms with E-state index < -0.39 is 23.0 Å². The molecule has 1 heterocycles. The predicted molar refractivity (Wildman–Crippen MR) is 130 cm³/mol. The molecule has 1 aliphatic heterocycles. The Morgan fingerprint density at radius 2 is 1.36 bits per heavy atom. The van der Waals surface area contributed by atoms with Crippen molar-refractivity contribution in [1.29, 1.82) is 0 Å². The monoisotopic (exact) mass is 456 g/mol. The van der Waals surface area contributed by atoms with E-state index in [-0.39, 0.29) is 23.2 Å². The standard InChI is InChI=1S/C13H15FO2.C13H15FO.C2H4/c1-13(2,3)12(15)11-10(16-11)8-6-4-5-7-9(8)14;1-13(2,3)12(15)9-8-10-6-4-5-7-11(10)14;1-2/h4-7,10-11H,1-3H3;4-9H,1-3H3;1-2H2/b;9-8+;. The molecule has 1 saturated heterocycles. The highest BCUT2D eigenvalue weighted by Gasteiger charge is 2.50. The molecule has 33 heavy (non-hydrogen) atoms. The fourth-order valence-corrected chi connectivity index (χ4v) is 2.71. The average molecular weight is 457 g/mol. The molecule has 2 atom stereocenters. The van der Waals surface area contributed by atoms with Crippen molar-refractivity contribution in [3.63, 3.8) is 0 Å². The Kier molecular flexibility index (Phi) is 10.1. The predicted octanol–water partition coefficient (Wildman–Crippen LogP) is 7.14. The van der Waals surface area contributed by atoms with Crippen molar-refractivity contribution in [2.24, 2.45) is 10.8 Å². The Bertz CT molecular complexity index is 981. The molecule has 0 bridgehead atoms. The quantitative estimate of drug-likeness (QED) is 0.279. The van der Waals surface area contributed by atoms with Gasteiger partial charge in [0, 0.05) is 22.0 Å². The number of carbonyl (C=O) groups excluding carboxylic acids is 2. The zero-order valence-corrected chi connectivity index (χ0v) is 20.3. The van der Waals surface area contributed by atoms with E-state index in [1.807, 2.05) is 41.5 Å². The van der Waals surface area contributed by atoms with Crippen LogP contribution in [-0.4, -0.2) is 17.7 Å². The molecule has 0 spiro atoms. The van der Waals surface area contributed by atoms with Gasteiger partial charge in [0.05, 0.1) is 0 Å². The summed E-state index contributed by atoms with van der Waals surface area (Å²) >= 11 is 0. The van der Waals surface area contributed by atoms with E-state index in [9.17, 15) is 18.4 Å². The minimum Gasteiger partial charge on any atom is -0.356 e. The van der Waals surface area contributed by atoms with Crippen molar-refractivity contribution < 1.29 is 23.1 Å². The van der Waals surface area contributed by atoms with Crippen molar-refractivity contribution in [2.45, 2.75) is 53.8 Å². The van der Waals surface area contributed by atoms with E-state index in [2.05, 4.69) is 13.2 Å². The summed E-state index contributed by atoms with van der Waals surface area (Å²) in [6.45, 7) is 17.0. The van der Waals surface area contributed by atoms with Crippen LogP contribution in [0.4, 0.5) is 8.78 Å². The molecule has 0 amide bonds. The molecule has 3 rings (SSSR count). The summed E-state index contributed by atoms with van der Waals surface area (Å²) in [6, 6.07) is 12.8. The summed E-state index contributed by atoms with van der Waals surface area (Å²) in [4.78, 5) is 23.4. The molecule has 0 aliphatic carbocycles. The highest BCUT2D eigenvalue weighted by Crippen LogP contribution is 2.43. The highest BCUT2D eigenvalue weighted by molar-refractivity contribution is 5.97. The first-order valence-electron chi connectivity index (χ1n) is 10.7. The van der Waals surface area contributed by atoms with Gasteiger partial charge in [0.2, 0.25) is 0 Å². The van der Waals surface area contributed by atoms with Gasteiger partial charge in [0.25, 0.3) is 0 Å². The molecule has 0 saturated carbocycles. The summed E-state index contributed by atoms with van der Waals surface area (Å²) in [5.41, 5.74) is 0.0621. The number of Topliss-reactive ketones (excluding diaryl/α,β-unsaturated/α-hetero) is 1. The van der Waals surface area contributed by atoms with Gasteiger partial charge in [-0.25, -0.2) is 8.78 Å². The van der Waals surface area contributed by atoms with Crippen LogP contribution in [0.5, 0.6) is 0 Å². The topological polar surface area (TPSA) is 46.7 Å². The number of ether oxygens (including phenoxy) is 1. The number of halogens is 2. The number of epoxide rings is 1. The van der Waals surface area contributed by atoms with Gasteiger partial charge in [-0.2, -0.15) is 0 Å². The van der Waals surface area contributed by atoms with Crippen LogP contribution in [0.2, 0.25) is 0 Å². The molecule has 2 aromatic carbocycles. The van der Waals surface area contributed by atoms with E-state index in [0.29, 0.717) is 11.1 Å². The van der Waals surface area contributed by atoms with Crippen molar-refractivity contribution in [3.8, 4) is 0 Å². The lowest BCUT2D eigenvalue weighted by Gasteiger charge is -2.14. The van der Waals surface area contributed by atoms with Crippen LogP contribution in [0, 0.1) is 22.5 Å². The van der Waals surface area contributed by atoms with Crippen LogP contribution in [-0.2, 0) is 14.3 Å². The number of ketones is 2.